The molecule has 1 aromatic heterocycles. The van der Waals surface area contributed by atoms with E-state index in [4.69, 9.17) is 4.74 Å². The molecule has 2 aliphatic rings. The molecular weight excluding hydrogens is 330 g/mol. The first kappa shape index (κ1) is 18.9. The molecule has 0 N–H and O–H groups in total. The van der Waals surface area contributed by atoms with Crippen LogP contribution < -0.4 is 9.80 Å². The Morgan fingerprint density at radius 3 is 2.65 bits per heavy atom. The minimum Gasteiger partial charge on any atom is -0.368 e. The molecule has 2 atom stereocenters. The standard InChI is InChI=1S/C19H31N5O2/c1-15-6-4-5-7-16(15)26-14-18(25)24-12-10-23(11-13-24)17-8-9-20-19(21-17)22(2)3/h8-9,15-16H,4-7,10-14H2,1-3H3. The first-order valence-electron chi connectivity index (χ1n) is 9.69. The van der Waals surface area contributed by atoms with Crippen LogP contribution in [0.15, 0.2) is 12.3 Å². The van der Waals surface area contributed by atoms with Gasteiger partial charge in [0.1, 0.15) is 12.4 Å². The number of ether oxygens (including phenoxy) is 1. The van der Waals surface area contributed by atoms with E-state index in [1.165, 1.54) is 19.3 Å². The van der Waals surface area contributed by atoms with Crippen LogP contribution in [0.1, 0.15) is 32.6 Å². The van der Waals surface area contributed by atoms with Crippen LogP contribution in [0, 0.1) is 5.92 Å². The zero-order valence-corrected chi connectivity index (χ0v) is 16.2. The van der Waals surface area contributed by atoms with Gasteiger partial charge in [0, 0.05) is 46.5 Å². The average Bonchev–Trinajstić information content (AvgIpc) is 2.67. The summed E-state index contributed by atoms with van der Waals surface area (Å²) in [5.74, 6) is 2.30. The van der Waals surface area contributed by atoms with Crippen LogP contribution in [0.3, 0.4) is 0 Å². The van der Waals surface area contributed by atoms with Crippen LogP contribution in [0.4, 0.5) is 11.8 Å². The number of piperazine rings is 1. The van der Waals surface area contributed by atoms with Crippen LogP contribution in [-0.2, 0) is 9.53 Å². The lowest BCUT2D eigenvalue weighted by Crippen LogP contribution is -2.50. The van der Waals surface area contributed by atoms with Crippen LogP contribution >= 0.6 is 0 Å². The number of hydrogen-bond donors (Lipinski definition) is 0. The van der Waals surface area contributed by atoms with E-state index in [1.807, 2.05) is 30.0 Å². The van der Waals surface area contributed by atoms with E-state index in [2.05, 4.69) is 21.8 Å². The molecule has 3 rings (SSSR count). The number of amides is 1. The van der Waals surface area contributed by atoms with Gasteiger partial charge in [0.25, 0.3) is 0 Å². The third-order valence-electron chi connectivity index (χ3n) is 5.44. The molecule has 144 valence electrons. The van der Waals surface area contributed by atoms with E-state index in [9.17, 15) is 4.79 Å². The van der Waals surface area contributed by atoms with E-state index in [-0.39, 0.29) is 18.6 Å². The minimum atomic E-state index is 0.110. The fourth-order valence-electron chi connectivity index (χ4n) is 3.72. The monoisotopic (exact) mass is 361 g/mol. The Labute approximate surface area is 156 Å². The molecule has 26 heavy (non-hydrogen) atoms. The SMILES string of the molecule is CC1CCCCC1OCC(=O)N1CCN(c2ccnc(N(C)C)n2)CC1. The highest BCUT2D eigenvalue weighted by atomic mass is 16.5. The lowest BCUT2D eigenvalue weighted by atomic mass is 9.88. The molecule has 2 heterocycles. The van der Waals surface area contributed by atoms with Crippen LogP contribution in [-0.4, -0.2) is 73.8 Å². The Hall–Kier alpha value is -1.89. The lowest BCUT2D eigenvalue weighted by Gasteiger charge is -2.36. The topological polar surface area (TPSA) is 61.8 Å². The number of carbonyl (C=O) groups is 1. The molecule has 1 aliphatic heterocycles. The number of carbonyl (C=O) groups excluding carboxylic acids is 1. The predicted molar refractivity (Wildman–Crippen MR) is 103 cm³/mol. The van der Waals surface area contributed by atoms with Crippen molar-refractivity contribution in [1.82, 2.24) is 14.9 Å². The molecule has 7 heteroatoms. The molecule has 0 spiro atoms. The quantitative estimate of drug-likeness (QED) is 0.797. The van der Waals surface area contributed by atoms with Gasteiger partial charge in [-0.3, -0.25) is 4.79 Å². The summed E-state index contributed by atoms with van der Waals surface area (Å²) in [5, 5.41) is 0. The maximum atomic E-state index is 12.5. The molecule has 2 fully saturated rings. The smallest absolute Gasteiger partial charge is 0.248 e. The van der Waals surface area contributed by atoms with Crippen molar-refractivity contribution in [2.75, 3.05) is 56.7 Å². The van der Waals surface area contributed by atoms with Crippen molar-refractivity contribution < 1.29 is 9.53 Å². The highest BCUT2D eigenvalue weighted by Crippen LogP contribution is 2.26. The Morgan fingerprint density at radius 2 is 1.96 bits per heavy atom. The van der Waals surface area contributed by atoms with Gasteiger partial charge < -0.3 is 19.4 Å². The molecule has 2 unspecified atom stereocenters. The third-order valence-corrected chi connectivity index (χ3v) is 5.44. The van der Waals surface area contributed by atoms with Crippen molar-refractivity contribution in [2.45, 2.75) is 38.7 Å². The highest BCUT2D eigenvalue weighted by Gasteiger charge is 2.26. The molecule has 0 radical (unpaired) electrons. The zero-order chi connectivity index (χ0) is 18.5. The van der Waals surface area contributed by atoms with E-state index < -0.39 is 0 Å². The number of anilines is 2. The van der Waals surface area contributed by atoms with Crippen molar-refractivity contribution in [2.24, 2.45) is 5.92 Å². The summed E-state index contributed by atoms with van der Waals surface area (Å²) in [5.41, 5.74) is 0. The van der Waals surface area contributed by atoms with Gasteiger partial charge in [-0.15, -0.1) is 0 Å². The molecule has 1 aliphatic carbocycles. The summed E-state index contributed by atoms with van der Waals surface area (Å²) >= 11 is 0. The molecule has 1 aromatic rings. The molecule has 0 bridgehead atoms. The van der Waals surface area contributed by atoms with Crippen molar-refractivity contribution in [3.05, 3.63) is 12.3 Å². The number of rotatable bonds is 5. The molecule has 1 amide bonds. The Kier molecular flexibility index (Phi) is 6.29. The Morgan fingerprint density at radius 1 is 1.23 bits per heavy atom. The molecular formula is C19H31N5O2. The third kappa shape index (κ3) is 4.63. The van der Waals surface area contributed by atoms with E-state index >= 15 is 0 Å². The van der Waals surface area contributed by atoms with E-state index in [0.29, 0.717) is 25.0 Å². The normalized spacial score (nSPS) is 23.8. The second-order valence-electron chi connectivity index (χ2n) is 7.59. The largest absolute Gasteiger partial charge is 0.368 e. The van der Waals surface area contributed by atoms with Crippen molar-refractivity contribution in [1.29, 1.82) is 0 Å². The Bertz CT molecular complexity index is 601. The fraction of sp³-hybridized carbons (Fsp3) is 0.737. The van der Waals surface area contributed by atoms with Gasteiger partial charge in [0.05, 0.1) is 6.10 Å². The second-order valence-corrected chi connectivity index (χ2v) is 7.59. The minimum absolute atomic E-state index is 0.110. The van der Waals surface area contributed by atoms with Crippen molar-refractivity contribution in [3.8, 4) is 0 Å². The maximum absolute atomic E-state index is 12.5. The average molecular weight is 361 g/mol. The predicted octanol–water partition coefficient (Wildman–Crippen LogP) is 1.79. The van der Waals surface area contributed by atoms with Gasteiger partial charge in [-0.1, -0.05) is 19.8 Å². The number of nitrogens with zero attached hydrogens (tertiary/aromatic N) is 5. The fourth-order valence-corrected chi connectivity index (χ4v) is 3.72. The zero-order valence-electron chi connectivity index (χ0n) is 16.2. The summed E-state index contributed by atoms with van der Waals surface area (Å²) in [7, 11) is 3.87. The Balaban J connectivity index is 1.47. The van der Waals surface area contributed by atoms with Crippen LogP contribution in [0.2, 0.25) is 0 Å². The van der Waals surface area contributed by atoms with Crippen molar-refractivity contribution in [3.63, 3.8) is 0 Å². The number of hydrogen-bond acceptors (Lipinski definition) is 6. The van der Waals surface area contributed by atoms with Crippen LogP contribution in [0.5, 0.6) is 0 Å². The van der Waals surface area contributed by atoms with Crippen molar-refractivity contribution >= 4 is 17.7 Å². The molecule has 1 saturated heterocycles. The first-order chi connectivity index (χ1) is 12.5. The first-order valence-corrected chi connectivity index (χ1v) is 9.69. The van der Waals surface area contributed by atoms with Gasteiger partial charge in [0.15, 0.2) is 0 Å². The van der Waals surface area contributed by atoms with E-state index in [0.717, 1.165) is 25.3 Å². The second kappa shape index (κ2) is 8.66. The van der Waals surface area contributed by atoms with Gasteiger partial charge in [-0.2, -0.15) is 4.98 Å². The lowest BCUT2D eigenvalue weighted by molar-refractivity contribution is -0.140. The summed E-state index contributed by atoms with van der Waals surface area (Å²) in [4.78, 5) is 27.3. The van der Waals surface area contributed by atoms with Gasteiger partial charge in [-0.25, -0.2) is 4.98 Å². The molecule has 1 saturated carbocycles. The summed E-state index contributed by atoms with van der Waals surface area (Å²) < 4.78 is 5.93. The number of aromatic nitrogens is 2. The highest BCUT2D eigenvalue weighted by molar-refractivity contribution is 5.77. The maximum Gasteiger partial charge on any atom is 0.248 e. The van der Waals surface area contributed by atoms with Crippen LogP contribution in [0.25, 0.3) is 0 Å². The van der Waals surface area contributed by atoms with Gasteiger partial charge in [-0.05, 0) is 24.8 Å². The van der Waals surface area contributed by atoms with Gasteiger partial charge >= 0.3 is 0 Å². The summed E-state index contributed by atoms with van der Waals surface area (Å²) in [6.45, 7) is 5.45. The summed E-state index contributed by atoms with van der Waals surface area (Å²) in [6.07, 6.45) is 6.84. The summed E-state index contributed by atoms with van der Waals surface area (Å²) in [6, 6.07) is 1.93. The van der Waals surface area contributed by atoms with E-state index in [1.54, 1.807) is 6.20 Å². The molecule has 0 aromatic carbocycles. The van der Waals surface area contributed by atoms with Gasteiger partial charge in [0.2, 0.25) is 11.9 Å². The molecule has 7 nitrogen and oxygen atoms in total.